The molecule has 0 unspecified atom stereocenters. The minimum atomic E-state index is 1.01. The molecule has 0 atom stereocenters. The van der Waals surface area contributed by atoms with E-state index in [0.29, 0.717) is 0 Å². The molecule has 64 valence electrons. The van der Waals surface area contributed by atoms with Gasteiger partial charge in [-0.25, -0.2) is 0 Å². The molecule has 1 aromatic carbocycles. The number of halogens is 2. The Kier molecular flexibility index (Phi) is 4.02. The maximum atomic E-state index is 3.54. The van der Waals surface area contributed by atoms with E-state index in [0.717, 1.165) is 10.9 Å². The third kappa shape index (κ3) is 2.46. The maximum Gasteiger partial charge on any atom is 0.0348 e. The van der Waals surface area contributed by atoms with Crippen LogP contribution in [0.2, 0.25) is 0 Å². The predicted molar refractivity (Wildman–Crippen MR) is 61.5 cm³/mol. The van der Waals surface area contributed by atoms with E-state index in [1.54, 1.807) is 0 Å². The van der Waals surface area contributed by atoms with Gasteiger partial charge in [0.15, 0.2) is 0 Å². The summed E-state index contributed by atoms with van der Waals surface area (Å²) in [5.74, 6) is 0. The molecule has 0 N–H and O–H groups in total. The minimum Gasteiger partial charge on any atom is -0.0622 e. The Morgan fingerprint density at radius 3 is 2.25 bits per heavy atom. The fourth-order valence-electron chi connectivity index (χ4n) is 0.896. The van der Waals surface area contributed by atoms with Crippen LogP contribution >= 0.6 is 31.9 Å². The molecule has 0 aliphatic heterocycles. The molecule has 1 aromatic rings. The molecule has 0 saturated carbocycles. The first-order valence-corrected chi connectivity index (χ1v) is 5.44. The predicted octanol–water partition coefficient (Wildman–Crippen LogP) is 4.56. The molecular formula is C10H10Br2. The Bertz CT molecular complexity index is 275. The largest absolute Gasteiger partial charge is 0.0622 e. The lowest BCUT2D eigenvalue weighted by Gasteiger charge is -2.01. The van der Waals surface area contributed by atoms with Crippen LogP contribution in [-0.4, -0.2) is 0 Å². The average Bonchev–Trinajstić information content (AvgIpc) is 2.17. The molecule has 0 fully saturated rings. The van der Waals surface area contributed by atoms with Crippen molar-refractivity contribution in [3.05, 3.63) is 40.4 Å². The van der Waals surface area contributed by atoms with E-state index < -0.39 is 0 Å². The lowest BCUT2D eigenvalue weighted by molar-refractivity contribution is 1.21. The van der Waals surface area contributed by atoms with Crippen molar-refractivity contribution < 1.29 is 0 Å². The van der Waals surface area contributed by atoms with E-state index in [-0.39, 0.29) is 0 Å². The fourth-order valence-corrected chi connectivity index (χ4v) is 1.67. The van der Waals surface area contributed by atoms with E-state index in [1.165, 1.54) is 10.0 Å². The first-order chi connectivity index (χ1) is 5.75. The topological polar surface area (TPSA) is 0 Å². The molecule has 0 aromatic heterocycles. The number of benzene rings is 1. The molecule has 0 heterocycles. The molecule has 0 saturated heterocycles. The van der Waals surface area contributed by atoms with Crippen LogP contribution in [0.1, 0.15) is 18.9 Å². The van der Waals surface area contributed by atoms with E-state index in [1.807, 2.05) is 18.2 Å². The molecule has 0 nitrogen and oxygen atoms in total. The van der Waals surface area contributed by atoms with Crippen molar-refractivity contribution in [3.63, 3.8) is 0 Å². The van der Waals surface area contributed by atoms with Crippen LogP contribution in [0.3, 0.4) is 0 Å². The van der Waals surface area contributed by atoms with Gasteiger partial charge >= 0.3 is 0 Å². The van der Waals surface area contributed by atoms with Gasteiger partial charge in [0, 0.05) is 8.96 Å². The van der Waals surface area contributed by atoms with E-state index in [4.69, 9.17) is 0 Å². The summed E-state index contributed by atoms with van der Waals surface area (Å²) >= 11 is 7.06. The van der Waals surface area contributed by atoms with Crippen LogP contribution in [0.4, 0.5) is 0 Å². The summed E-state index contributed by atoms with van der Waals surface area (Å²) in [5.41, 5.74) is 1.21. The zero-order chi connectivity index (χ0) is 8.97. The van der Waals surface area contributed by atoms with Crippen LogP contribution in [0.25, 0.3) is 4.48 Å². The Morgan fingerprint density at radius 1 is 1.17 bits per heavy atom. The van der Waals surface area contributed by atoms with Gasteiger partial charge in [0.25, 0.3) is 0 Å². The summed E-state index contributed by atoms with van der Waals surface area (Å²) in [5, 5.41) is 0. The molecule has 2 heteroatoms. The van der Waals surface area contributed by atoms with Gasteiger partial charge in [0.05, 0.1) is 0 Å². The fraction of sp³-hybridized carbons (Fsp3) is 0.200. The van der Waals surface area contributed by atoms with Gasteiger partial charge in [-0.3, -0.25) is 0 Å². The van der Waals surface area contributed by atoms with Crippen LogP contribution in [-0.2, 0) is 0 Å². The minimum absolute atomic E-state index is 1.01. The molecule has 0 radical (unpaired) electrons. The molecule has 0 amide bonds. The normalized spacial score (nSPS) is 12.6. The van der Waals surface area contributed by atoms with E-state index in [9.17, 15) is 0 Å². The first kappa shape index (κ1) is 10.0. The highest BCUT2D eigenvalue weighted by Gasteiger charge is 2.00. The number of allylic oxidation sites excluding steroid dienone is 1. The Labute approximate surface area is 89.9 Å². The SMILES string of the molecule is CC/C(Br)=C(\Br)c1ccccc1. The van der Waals surface area contributed by atoms with Gasteiger partial charge in [0.2, 0.25) is 0 Å². The average molecular weight is 290 g/mol. The highest BCUT2D eigenvalue weighted by molar-refractivity contribution is 9.16. The summed E-state index contributed by atoms with van der Waals surface area (Å²) in [6, 6.07) is 10.3. The van der Waals surface area contributed by atoms with Crippen molar-refractivity contribution in [3.8, 4) is 0 Å². The van der Waals surface area contributed by atoms with Crippen molar-refractivity contribution in [2.75, 3.05) is 0 Å². The Hall–Kier alpha value is -0.0800. The highest BCUT2D eigenvalue weighted by Crippen LogP contribution is 2.29. The number of hydrogen-bond acceptors (Lipinski definition) is 0. The molecular weight excluding hydrogens is 280 g/mol. The van der Waals surface area contributed by atoms with Crippen LogP contribution in [0, 0.1) is 0 Å². The van der Waals surface area contributed by atoms with Crippen LogP contribution in [0.5, 0.6) is 0 Å². The summed E-state index contributed by atoms with van der Waals surface area (Å²) in [6.45, 7) is 2.12. The van der Waals surface area contributed by atoms with Crippen molar-refractivity contribution in [2.45, 2.75) is 13.3 Å². The van der Waals surface area contributed by atoms with E-state index >= 15 is 0 Å². The molecule has 0 bridgehead atoms. The standard InChI is InChI=1S/C10H10Br2/c1-2-9(11)10(12)8-6-4-3-5-7-8/h3-7H,2H2,1H3/b10-9+. The Morgan fingerprint density at radius 2 is 1.75 bits per heavy atom. The number of rotatable bonds is 2. The second-order valence-electron chi connectivity index (χ2n) is 2.44. The first-order valence-electron chi connectivity index (χ1n) is 3.85. The Balaban J connectivity index is 3.00. The van der Waals surface area contributed by atoms with Crippen LogP contribution < -0.4 is 0 Å². The molecule has 0 aliphatic rings. The summed E-state index contributed by atoms with van der Waals surface area (Å²) < 4.78 is 2.35. The second kappa shape index (κ2) is 4.83. The summed E-state index contributed by atoms with van der Waals surface area (Å²) in [7, 11) is 0. The van der Waals surface area contributed by atoms with Gasteiger partial charge in [-0.2, -0.15) is 0 Å². The van der Waals surface area contributed by atoms with Crippen molar-refractivity contribution in [1.82, 2.24) is 0 Å². The quantitative estimate of drug-likeness (QED) is 0.749. The number of hydrogen-bond donors (Lipinski definition) is 0. The second-order valence-corrected chi connectivity index (χ2v) is 4.19. The zero-order valence-corrected chi connectivity index (χ0v) is 10.0. The molecule has 0 spiro atoms. The lowest BCUT2D eigenvalue weighted by Crippen LogP contribution is -1.77. The molecule has 1 rings (SSSR count). The van der Waals surface area contributed by atoms with Crippen molar-refractivity contribution >= 4 is 36.3 Å². The molecule has 0 aliphatic carbocycles. The smallest absolute Gasteiger partial charge is 0.0348 e. The third-order valence-corrected chi connectivity index (χ3v) is 4.00. The van der Waals surface area contributed by atoms with E-state index in [2.05, 4.69) is 50.9 Å². The lowest BCUT2D eigenvalue weighted by atomic mass is 10.2. The van der Waals surface area contributed by atoms with Crippen LogP contribution in [0.15, 0.2) is 34.8 Å². The highest BCUT2D eigenvalue weighted by atomic mass is 79.9. The van der Waals surface area contributed by atoms with Gasteiger partial charge in [0.1, 0.15) is 0 Å². The van der Waals surface area contributed by atoms with Gasteiger partial charge in [-0.05, 0) is 27.9 Å². The van der Waals surface area contributed by atoms with Crippen molar-refractivity contribution in [1.29, 1.82) is 0 Å². The third-order valence-electron chi connectivity index (χ3n) is 1.58. The molecule has 12 heavy (non-hydrogen) atoms. The van der Waals surface area contributed by atoms with Gasteiger partial charge < -0.3 is 0 Å². The summed E-state index contributed by atoms with van der Waals surface area (Å²) in [4.78, 5) is 0. The van der Waals surface area contributed by atoms with Crippen molar-refractivity contribution in [2.24, 2.45) is 0 Å². The van der Waals surface area contributed by atoms with Gasteiger partial charge in [-0.1, -0.05) is 53.2 Å². The maximum absolute atomic E-state index is 3.54. The monoisotopic (exact) mass is 288 g/mol. The van der Waals surface area contributed by atoms with Gasteiger partial charge in [-0.15, -0.1) is 0 Å². The zero-order valence-electron chi connectivity index (χ0n) is 6.85. The summed E-state index contributed by atoms with van der Waals surface area (Å²) in [6.07, 6.45) is 1.01.